The normalized spacial score (nSPS) is 34.6. The van der Waals surface area contributed by atoms with E-state index in [1.54, 1.807) is 36.4 Å². The van der Waals surface area contributed by atoms with Gasteiger partial charge in [0.25, 0.3) is 5.91 Å². The summed E-state index contributed by atoms with van der Waals surface area (Å²) in [5.74, 6) is -0.0104. The third-order valence-corrected chi connectivity index (χ3v) is 9.32. The minimum absolute atomic E-state index is 0.0199. The smallest absolute Gasteiger partial charge is 0.292 e. The lowest BCUT2D eigenvalue weighted by Gasteiger charge is -2.64. The molecule has 0 radical (unpaired) electrons. The van der Waals surface area contributed by atoms with E-state index in [1.807, 2.05) is 6.07 Å². The van der Waals surface area contributed by atoms with Gasteiger partial charge in [0.2, 0.25) is 5.78 Å². The molecule has 3 fully saturated rings. The molecule has 5 atom stereocenters. The Morgan fingerprint density at radius 2 is 1.89 bits per heavy atom. The number of benzene rings is 2. The van der Waals surface area contributed by atoms with E-state index in [0.717, 1.165) is 36.6 Å². The summed E-state index contributed by atoms with van der Waals surface area (Å²) in [6.45, 7) is 1.86. The average molecular weight is 475 g/mol. The Morgan fingerprint density at radius 1 is 1.09 bits per heavy atom. The molecule has 1 spiro atoms. The first kappa shape index (κ1) is 21.4. The van der Waals surface area contributed by atoms with Crippen LogP contribution in [0.1, 0.15) is 53.6 Å². The molecule has 7 rings (SSSR count). The molecule has 2 saturated carbocycles. The van der Waals surface area contributed by atoms with E-state index < -0.39 is 34.9 Å². The minimum Gasteiger partial charge on any atom is -0.504 e. The Balaban J connectivity index is 1.26. The van der Waals surface area contributed by atoms with Gasteiger partial charge in [-0.3, -0.25) is 14.5 Å². The number of carbonyl (C=O) groups excluding carboxylic acids is 2. The fourth-order valence-corrected chi connectivity index (χ4v) is 7.58. The molecule has 2 heterocycles. The van der Waals surface area contributed by atoms with Gasteiger partial charge in [0.05, 0.1) is 17.1 Å². The SMILES string of the molecule is O=C(N[C@@H]1CCC2(O)C3Cc4ccc(O)c5c4C2(CCN3CC2CC2)C1O5)C(=O)c1ccccc1. The van der Waals surface area contributed by atoms with Crippen molar-refractivity contribution in [3.8, 4) is 11.5 Å². The number of ether oxygens (including phenoxy) is 1. The molecular weight excluding hydrogens is 444 g/mol. The lowest BCUT2D eigenvalue weighted by Crippen LogP contribution is -2.78. The zero-order valence-electron chi connectivity index (χ0n) is 19.6. The summed E-state index contributed by atoms with van der Waals surface area (Å²) in [6, 6.07) is 11.7. The van der Waals surface area contributed by atoms with Gasteiger partial charge in [-0.15, -0.1) is 0 Å². The largest absolute Gasteiger partial charge is 0.504 e. The fourth-order valence-electron chi connectivity index (χ4n) is 7.58. The first-order chi connectivity index (χ1) is 16.9. The number of ketones is 1. The second kappa shape index (κ2) is 7.31. The number of nitrogens with zero attached hydrogens (tertiary/aromatic N) is 1. The maximum absolute atomic E-state index is 13.0. The van der Waals surface area contributed by atoms with Crippen LogP contribution in [-0.4, -0.2) is 63.7 Å². The summed E-state index contributed by atoms with van der Waals surface area (Å²) >= 11 is 0. The highest BCUT2D eigenvalue weighted by Crippen LogP contribution is 2.65. The molecule has 7 nitrogen and oxygen atoms in total. The summed E-state index contributed by atoms with van der Waals surface area (Å²) < 4.78 is 6.45. The number of phenols is 1. The zero-order chi connectivity index (χ0) is 23.9. The number of hydrogen-bond donors (Lipinski definition) is 3. The first-order valence-corrected chi connectivity index (χ1v) is 12.8. The average Bonchev–Trinajstić information content (AvgIpc) is 3.61. The molecule has 7 heteroatoms. The summed E-state index contributed by atoms with van der Waals surface area (Å²) in [5, 5.41) is 26.1. The number of amides is 1. The van der Waals surface area contributed by atoms with E-state index in [9.17, 15) is 19.8 Å². The number of likely N-dealkylation sites (tertiary alicyclic amines) is 1. The second-order valence-corrected chi connectivity index (χ2v) is 11.1. The van der Waals surface area contributed by atoms with Gasteiger partial charge in [0, 0.05) is 23.7 Å². The molecule has 3 N–H and O–H groups in total. The van der Waals surface area contributed by atoms with Crippen molar-refractivity contribution >= 4 is 11.7 Å². The van der Waals surface area contributed by atoms with Gasteiger partial charge in [-0.2, -0.15) is 0 Å². The van der Waals surface area contributed by atoms with Crippen LogP contribution in [0.15, 0.2) is 42.5 Å². The predicted octanol–water partition coefficient (Wildman–Crippen LogP) is 2.32. The molecule has 1 saturated heterocycles. The van der Waals surface area contributed by atoms with Crippen molar-refractivity contribution in [2.45, 2.75) is 67.7 Å². The fraction of sp³-hybridized carbons (Fsp3) is 0.500. The van der Waals surface area contributed by atoms with Crippen LogP contribution in [0.4, 0.5) is 0 Å². The molecule has 2 aliphatic heterocycles. The number of carbonyl (C=O) groups is 2. The molecule has 1 amide bonds. The molecule has 182 valence electrons. The number of aromatic hydroxyl groups is 1. The van der Waals surface area contributed by atoms with Gasteiger partial charge in [-0.25, -0.2) is 0 Å². The molecule has 2 aromatic rings. The van der Waals surface area contributed by atoms with Crippen LogP contribution in [0.2, 0.25) is 0 Å². The maximum Gasteiger partial charge on any atom is 0.292 e. The van der Waals surface area contributed by atoms with Crippen LogP contribution in [0, 0.1) is 5.92 Å². The third kappa shape index (κ3) is 2.85. The molecule has 35 heavy (non-hydrogen) atoms. The van der Waals surface area contributed by atoms with E-state index in [4.69, 9.17) is 4.74 Å². The van der Waals surface area contributed by atoms with Gasteiger partial charge in [0.15, 0.2) is 11.5 Å². The van der Waals surface area contributed by atoms with Gasteiger partial charge in [0.1, 0.15) is 6.10 Å². The molecule has 4 unspecified atom stereocenters. The molecule has 3 aliphatic carbocycles. The molecule has 2 bridgehead atoms. The van der Waals surface area contributed by atoms with E-state index >= 15 is 0 Å². The number of rotatable bonds is 5. The highest BCUT2D eigenvalue weighted by atomic mass is 16.5. The quantitative estimate of drug-likeness (QED) is 0.455. The van der Waals surface area contributed by atoms with Crippen molar-refractivity contribution in [1.29, 1.82) is 0 Å². The Bertz CT molecular complexity index is 1230. The topological polar surface area (TPSA) is 99.1 Å². The molecule has 2 aromatic carbocycles. The number of aliphatic hydroxyl groups is 1. The number of Topliss-reactive ketones (excluding diaryl/α,β-unsaturated/α-hetero) is 1. The molecule has 0 aromatic heterocycles. The van der Waals surface area contributed by atoms with Crippen LogP contribution in [0.25, 0.3) is 0 Å². The summed E-state index contributed by atoms with van der Waals surface area (Å²) in [5.41, 5.74) is 0.646. The van der Waals surface area contributed by atoms with Crippen LogP contribution in [0.5, 0.6) is 11.5 Å². The van der Waals surface area contributed by atoms with Crippen LogP contribution >= 0.6 is 0 Å². The minimum atomic E-state index is -1.01. The van der Waals surface area contributed by atoms with Gasteiger partial charge >= 0.3 is 0 Å². The molecule has 5 aliphatic rings. The highest BCUT2D eigenvalue weighted by Gasteiger charge is 2.73. The lowest BCUT2D eigenvalue weighted by molar-refractivity contribution is -0.192. The van der Waals surface area contributed by atoms with E-state index in [-0.39, 0.29) is 11.8 Å². The summed E-state index contributed by atoms with van der Waals surface area (Å²) in [7, 11) is 0. The zero-order valence-corrected chi connectivity index (χ0v) is 19.6. The van der Waals surface area contributed by atoms with Crippen LogP contribution in [0.3, 0.4) is 0 Å². The van der Waals surface area contributed by atoms with Crippen molar-refractivity contribution in [2.75, 3.05) is 13.1 Å². The van der Waals surface area contributed by atoms with Gasteiger partial charge < -0.3 is 20.3 Å². The van der Waals surface area contributed by atoms with Crippen molar-refractivity contribution in [3.05, 3.63) is 59.2 Å². The third-order valence-electron chi connectivity index (χ3n) is 9.32. The highest BCUT2D eigenvalue weighted by molar-refractivity contribution is 6.42. The Hall–Kier alpha value is -2.90. The Labute approximate surface area is 204 Å². The number of phenolic OH excluding ortho intramolecular Hbond substituents is 1. The predicted molar refractivity (Wildman–Crippen MR) is 127 cm³/mol. The van der Waals surface area contributed by atoms with Crippen molar-refractivity contribution in [2.24, 2.45) is 5.92 Å². The van der Waals surface area contributed by atoms with Gasteiger partial charge in [-0.05, 0) is 62.6 Å². The van der Waals surface area contributed by atoms with Crippen molar-refractivity contribution < 1.29 is 24.5 Å². The van der Waals surface area contributed by atoms with Crippen LogP contribution in [-0.2, 0) is 16.6 Å². The maximum atomic E-state index is 13.0. The lowest BCUT2D eigenvalue weighted by atomic mass is 9.48. The summed E-state index contributed by atoms with van der Waals surface area (Å²) in [6.07, 6.45) is 4.42. The van der Waals surface area contributed by atoms with E-state index in [1.165, 1.54) is 12.8 Å². The number of piperidine rings is 1. The van der Waals surface area contributed by atoms with Crippen molar-refractivity contribution in [3.63, 3.8) is 0 Å². The summed E-state index contributed by atoms with van der Waals surface area (Å²) in [4.78, 5) is 28.3. The Morgan fingerprint density at radius 3 is 2.66 bits per heavy atom. The monoisotopic (exact) mass is 474 g/mol. The van der Waals surface area contributed by atoms with Crippen molar-refractivity contribution in [1.82, 2.24) is 10.2 Å². The Kier molecular flexibility index (Phi) is 4.46. The van der Waals surface area contributed by atoms with Gasteiger partial charge in [-0.1, -0.05) is 36.4 Å². The molecular formula is C28H30N2O5. The number of nitrogens with one attached hydrogen (secondary N) is 1. The van der Waals surface area contributed by atoms with E-state index in [2.05, 4.69) is 10.2 Å². The standard InChI is InChI=1S/C28H30N2O5/c31-20-9-8-18-14-21-28(34)11-10-19(29-26(33)23(32)17-4-2-1-3-5-17)25-27(28,22(18)24(20)35-25)12-13-30(21)15-16-6-7-16/h1-5,8-9,16,19,21,25,31,34H,6-7,10-15H2,(H,29,33)/t19-,21?,25?,27?,28?/m1/s1. The number of hydrogen-bond acceptors (Lipinski definition) is 6. The van der Waals surface area contributed by atoms with E-state index in [0.29, 0.717) is 30.6 Å². The first-order valence-electron chi connectivity index (χ1n) is 12.8. The second-order valence-electron chi connectivity index (χ2n) is 11.1. The van der Waals surface area contributed by atoms with Crippen LogP contribution < -0.4 is 10.1 Å².